The summed E-state index contributed by atoms with van der Waals surface area (Å²) >= 11 is 7.53. The van der Waals surface area contributed by atoms with Crippen LogP contribution < -0.4 is 0 Å². The fourth-order valence-electron chi connectivity index (χ4n) is 1.88. The van der Waals surface area contributed by atoms with Crippen LogP contribution in [0.4, 0.5) is 0 Å². The van der Waals surface area contributed by atoms with Crippen molar-refractivity contribution >= 4 is 52.5 Å². The first-order valence-corrected chi connectivity index (χ1v) is 16.8. The van der Waals surface area contributed by atoms with Crippen molar-refractivity contribution in [3.63, 3.8) is 0 Å². The molecule has 0 nitrogen and oxygen atoms in total. The highest BCUT2D eigenvalue weighted by Crippen LogP contribution is 2.61. The lowest BCUT2D eigenvalue weighted by atomic mass is 11.7. The Bertz CT molecular complexity index is 134. The van der Waals surface area contributed by atoms with Gasteiger partial charge in [-0.3, -0.25) is 0 Å². The molecule has 0 unspecified atom stereocenters. The van der Waals surface area contributed by atoms with Gasteiger partial charge in [0, 0.05) is 5.33 Å². The van der Waals surface area contributed by atoms with Crippen LogP contribution in [-0.4, -0.2) is 21.1 Å². The Hall–Kier alpha value is 1.82. The second-order valence-electron chi connectivity index (χ2n) is 5.39. The molecule has 0 atom stereocenters. The van der Waals surface area contributed by atoms with E-state index in [1.165, 1.54) is 0 Å². The maximum atomic E-state index is 3.76. The predicted octanol–water partition coefficient (Wildman–Crippen LogP) is 5.21. The molecule has 0 rings (SSSR count). The van der Waals surface area contributed by atoms with E-state index in [1.807, 2.05) is 0 Å². The summed E-state index contributed by atoms with van der Waals surface area (Å²) in [5.74, 6) is 0. The standard InChI is InChI=1S/C7H19Br2PSi2/c1-11(2,3)7(10(8)9)12(4,5)6/h7H,1-6H3. The molecule has 5 heteroatoms. The molecule has 0 aliphatic heterocycles. The molecule has 0 heterocycles. The fraction of sp³-hybridized carbons (Fsp3) is 1.00. The Morgan fingerprint density at radius 2 is 1.08 bits per heavy atom. The molecule has 0 saturated heterocycles. The number of rotatable bonds is 3. The minimum Gasteiger partial charge on any atom is -0.0692 e. The number of halogens is 2. The van der Waals surface area contributed by atoms with E-state index in [2.05, 4.69) is 70.3 Å². The van der Waals surface area contributed by atoms with Crippen molar-refractivity contribution in [2.75, 3.05) is 0 Å². The molecule has 0 aliphatic carbocycles. The number of hydrogen-bond donors (Lipinski definition) is 0. The zero-order valence-electron chi connectivity index (χ0n) is 8.78. The lowest BCUT2D eigenvalue weighted by Crippen LogP contribution is -2.51. The Morgan fingerprint density at radius 3 is 1.08 bits per heavy atom. The first kappa shape index (κ1) is 13.8. The van der Waals surface area contributed by atoms with E-state index in [0.717, 1.165) is 4.91 Å². The summed E-state index contributed by atoms with van der Waals surface area (Å²) < 4.78 is 0. The third-order valence-corrected chi connectivity index (χ3v) is 23.9. The van der Waals surface area contributed by atoms with Crippen LogP contribution in [-0.2, 0) is 0 Å². The average Bonchev–Trinajstić information content (AvgIpc) is 1.49. The quantitative estimate of drug-likeness (QED) is 0.484. The summed E-state index contributed by atoms with van der Waals surface area (Å²) in [4.78, 5) is 0.958. The van der Waals surface area contributed by atoms with Crippen LogP contribution in [0.15, 0.2) is 0 Å². The van der Waals surface area contributed by atoms with E-state index in [9.17, 15) is 0 Å². The third kappa shape index (κ3) is 4.36. The molecule has 0 amide bonds. The Morgan fingerprint density at radius 1 is 0.833 bits per heavy atom. The van der Waals surface area contributed by atoms with Gasteiger partial charge < -0.3 is 0 Å². The van der Waals surface area contributed by atoms with Crippen molar-refractivity contribution in [1.82, 2.24) is 0 Å². The van der Waals surface area contributed by atoms with Crippen LogP contribution in [0.2, 0.25) is 39.3 Å². The highest BCUT2D eigenvalue weighted by Gasteiger charge is 2.41. The SMILES string of the molecule is C[Si](C)(C)C(P(Br)Br)[Si](C)(C)C. The van der Waals surface area contributed by atoms with Gasteiger partial charge >= 0.3 is 0 Å². The van der Waals surface area contributed by atoms with E-state index >= 15 is 0 Å². The van der Waals surface area contributed by atoms with Crippen molar-refractivity contribution < 1.29 is 0 Å². The van der Waals surface area contributed by atoms with E-state index < -0.39 is 16.1 Å². The Kier molecular flexibility index (Phi) is 5.26. The summed E-state index contributed by atoms with van der Waals surface area (Å²) in [6.45, 7) is 14.9. The summed E-state index contributed by atoms with van der Waals surface area (Å²) in [5, 5.41) is -0.0916. The molecule has 0 saturated carbocycles. The lowest BCUT2D eigenvalue weighted by Gasteiger charge is -2.39. The molecule has 0 spiro atoms. The fourth-order valence-corrected chi connectivity index (χ4v) is 39.1. The largest absolute Gasteiger partial charge is 0.0692 e. The van der Waals surface area contributed by atoms with E-state index in [1.54, 1.807) is 0 Å². The van der Waals surface area contributed by atoms with Crippen LogP contribution in [0.5, 0.6) is 0 Å². The molecule has 12 heavy (non-hydrogen) atoms. The second-order valence-corrected chi connectivity index (χ2v) is 26.0. The van der Waals surface area contributed by atoms with Crippen LogP contribution >= 0.6 is 36.3 Å². The van der Waals surface area contributed by atoms with Gasteiger partial charge in [0.05, 0.1) is 16.1 Å². The van der Waals surface area contributed by atoms with Gasteiger partial charge in [0.15, 0.2) is 0 Å². The topological polar surface area (TPSA) is 0 Å². The summed E-state index contributed by atoms with van der Waals surface area (Å²) in [5.41, 5.74) is 0. The van der Waals surface area contributed by atoms with Gasteiger partial charge in [0.1, 0.15) is 0 Å². The zero-order chi connectivity index (χ0) is 10.2. The van der Waals surface area contributed by atoms with Crippen molar-refractivity contribution in [1.29, 1.82) is 0 Å². The summed E-state index contributed by atoms with van der Waals surface area (Å²) in [7, 11) is -1.98. The highest BCUT2D eigenvalue weighted by molar-refractivity contribution is 9.69. The van der Waals surface area contributed by atoms with Crippen LogP contribution in [0.1, 0.15) is 0 Å². The van der Waals surface area contributed by atoms with Gasteiger partial charge in [0.2, 0.25) is 0 Å². The van der Waals surface area contributed by atoms with E-state index in [0.29, 0.717) is 0 Å². The third-order valence-electron chi connectivity index (χ3n) is 1.84. The first-order chi connectivity index (χ1) is 5.07. The van der Waals surface area contributed by atoms with Gasteiger partial charge in [-0.25, -0.2) is 0 Å². The maximum Gasteiger partial charge on any atom is 0.0511 e. The second kappa shape index (κ2) is 4.56. The van der Waals surface area contributed by atoms with E-state index in [-0.39, 0.29) is 5.33 Å². The van der Waals surface area contributed by atoms with Crippen molar-refractivity contribution in [3.05, 3.63) is 0 Å². The monoisotopic (exact) mass is 348 g/mol. The molecule has 0 aromatic heterocycles. The van der Waals surface area contributed by atoms with Crippen LogP contribution in [0, 0.1) is 0 Å². The highest BCUT2D eigenvalue weighted by atomic mass is 79.9. The summed E-state index contributed by atoms with van der Waals surface area (Å²) in [6.07, 6.45) is 0. The van der Waals surface area contributed by atoms with Gasteiger partial charge in [-0.05, 0) is 35.9 Å². The lowest BCUT2D eigenvalue weighted by molar-refractivity contribution is 1.46. The van der Waals surface area contributed by atoms with Crippen LogP contribution in [0.25, 0.3) is 0 Å². The Labute approximate surface area is 96.1 Å². The van der Waals surface area contributed by atoms with Gasteiger partial charge in [-0.15, -0.1) is 0 Å². The first-order valence-electron chi connectivity index (χ1n) is 4.17. The predicted molar refractivity (Wildman–Crippen MR) is 75.3 cm³/mol. The molecule has 0 aromatic carbocycles. The maximum absolute atomic E-state index is 3.76. The van der Waals surface area contributed by atoms with Crippen molar-refractivity contribution in [2.24, 2.45) is 0 Å². The summed E-state index contributed by atoms with van der Waals surface area (Å²) in [6, 6.07) is 0. The molecule has 0 aliphatic rings. The molecular formula is C7H19Br2PSi2. The molecule has 0 radical (unpaired) electrons. The van der Waals surface area contributed by atoms with Gasteiger partial charge in [0.25, 0.3) is 0 Å². The molecule has 0 fully saturated rings. The zero-order valence-corrected chi connectivity index (χ0v) is 14.8. The minimum atomic E-state index is -0.988. The molecule has 74 valence electrons. The smallest absolute Gasteiger partial charge is 0.0511 e. The number of hydrogen-bond acceptors (Lipinski definition) is 0. The van der Waals surface area contributed by atoms with Crippen molar-refractivity contribution in [2.45, 2.75) is 44.2 Å². The average molecular weight is 350 g/mol. The molecule has 0 bridgehead atoms. The Balaban J connectivity index is 4.70. The van der Waals surface area contributed by atoms with Crippen molar-refractivity contribution in [3.8, 4) is 0 Å². The normalized spacial score (nSPS) is 14.5. The van der Waals surface area contributed by atoms with Gasteiger partial charge in [-0.1, -0.05) is 39.3 Å². The molecule has 0 N–H and O–H groups in total. The molecule has 0 aromatic rings. The van der Waals surface area contributed by atoms with Crippen LogP contribution in [0.3, 0.4) is 0 Å². The van der Waals surface area contributed by atoms with E-state index in [4.69, 9.17) is 0 Å². The van der Waals surface area contributed by atoms with Gasteiger partial charge in [-0.2, -0.15) is 0 Å². The minimum absolute atomic E-state index is 0.0916. The molecular weight excluding hydrogens is 331 g/mol.